The van der Waals surface area contributed by atoms with Crippen LogP contribution in [0, 0.1) is 27.7 Å². The zero-order valence-corrected chi connectivity index (χ0v) is 36.2. The fourth-order valence-corrected chi connectivity index (χ4v) is 10.3. The lowest BCUT2D eigenvalue weighted by Crippen LogP contribution is -2.51. The maximum atomic E-state index is 6.24. The first-order chi connectivity index (χ1) is 29.4. The van der Waals surface area contributed by atoms with Gasteiger partial charge in [-0.2, -0.15) is 0 Å². The van der Waals surface area contributed by atoms with Gasteiger partial charge in [-0.3, -0.25) is 0 Å². The molecule has 10 nitrogen and oxygen atoms in total. The summed E-state index contributed by atoms with van der Waals surface area (Å²) in [6, 6.07) is 28.8. The van der Waals surface area contributed by atoms with E-state index in [0.717, 1.165) is 39.0 Å². The lowest BCUT2D eigenvalue weighted by molar-refractivity contribution is 0.0112. The molecule has 0 unspecified atom stereocenters. The first kappa shape index (κ1) is 41.2. The summed E-state index contributed by atoms with van der Waals surface area (Å²) >= 11 is 0. The minimum atomic E-state index is 0.228. The minimum Gasteiger partial charge on any atom is -0.379 e. The fraction of sp³-hybridized carbons (Fsp3) is 0.520. The molecule has 0 spiro atoms. The molecule has 4 aromatic carbocycles. The molecule has 0 aliphatic carbocycles. The summed E-state index contributed by atoms with van der Waals surface area (Å²) in [6.45, 7) is 17.7. The Morgan fingerprint density at radius 3 is 0.767 bits per heavy atom. The number of fused-ring (bicyclic) bond motifs is 20. The van der Waals surface area contributed by atoms with Crippen LogP contribution < -0.4 is 19.6 Å². The predicted molar refractivity (Wildman–Crippen MR) is 239 cm³/mol. The average Bonchev–Trinajstić information content (AvgIpc) is 3.24. The van der Waals surface area contributed by atoms with Gasteiger partial charge in [0.05, 0.1) is 90.4 Å². The zero-order chi connectivity index (χ0) is 41.0. The summed E-state index contributed by atoms with van der Waals surface area (Å²) in [5.74, 6) is 0. The van der Waals surface area contributed by atoms with Gasteiger partial charge in [0, 0.05) is 49.2 Å². The molecular formula is C50H64N4O6. The Morgan fingerprint density at radius 1 is 0.317 bits per heavy atom. The second kappa shape index (κ2) is 18.8. The van der Waals surface area contributed by atoms with Gasteiger partial charge in [-0.15, -0.1) is 0 Å². The lowest BCUT2D eigenvalue weighted by Gasteiger charge is -2.53. The van der Waals surface area contributed by atoms with Crippen LogP contribution >= 0.6 is 0 Å². The zero-order valence-electron chi connectivity index (χ0n) is 36.2. The van der Waals surface area contributed by atoms with E-state index in [-0.39, 0.29) is 24.2 Å². The molecule has 0 fully saturated rings. The molecule has 6 aliphatic heterocycles. The standard InChI is InChI=1S/C50H64N4O6/c1-35-5-9-43-39(29-35)47-13-17-55-21-25-59-27-23-57-19-15-49-41-31-37(3)7-11-45(41)54-34-53(49)46-12-8-38(4)32-42(46)50(54)16-20-58-24-28-60-26-22-56-18-14-48-40-30-36(2)6-10-44(40)52(47)33-51(43)48/h5-12,29-32,47-50H,13-28,33-34H2,1-4H3/t47-,48-,49+,50+. The van der Waals surface area contributed by atoms with Gasteiger partial charge in [-0.05, 0) is 99.9 Å². The van der Waals surface area contributed by atoms with E-state index in [0.29, 0.717) is 79.3 Å². The molecule has 0 N–H and O–H groups in total. The highest BCUT2D eigenvalue weighted by molar-refractivity contribution is 5.73. The Balaban J connectivity index is 0.885. The quantitative estimate of drug-likeness (QED) is 0.161. The first-order valence-electron chi connectivity index (χ1n) is 22.4. The smallest absolute Gasteiger partial charge is 0.0915 e. The molecule has 6 heterocycles. The molecule has 0 radical (unpaired) electrons. The van der Waals surface area contributed by atoms with E-state index in [2.05, 4.69) is 120 Å². The second-order valence-electron chi connectivity index (χ2n) is 17.3. The molecule has 10 heteroatoms. The van der Waals surface area contributed by atoms with E-state index in [4.69, 9.17) is 28.4 Å². The van der Waals surface area contributed by atoms with Gasteiger partial charge in [0.25, 0.3) is 0 Å². The number of hydrogen-bond donors (Lipinski definition) is 0. The summed E-state index contributed by atoms with van der Waals surface area (Å²) in [5.41, 5.74) is 15.9. The van der Waals surface area contributed by atoms with Crippen molar-refractivity contribution in [2.75, 3.05) is 112 Å². The van der Waals surface area contributed by atoms with Gasteiger partial charge in [0.1, 0.15) is 0 Å². The largest absolute Gasteiger partial charge is 0.379 e. The Kier molecular flexibility index (Phi) is 12.9. The van der Waals surface area contributed by atoms with Crippen molar-refractivity contribution in [3.63, 3.8) is 0 Å². The van der Waals surface area contributed by atoms with Crippen LogP contribution in [0.15, 0.2) is 72.8 Å². The number of aryl methyl sites for hydroxylation is 4. The van der Waals surface area contributed by atoms with Crippen molar-refractivity contribution >= 4 is 22.7 Å². The van der Waals surface area contributed by atoms with Crippen LogP contribution in [0.25, 0.3) is 0 Å². The van der Waals surface area contributed by atoms with Gasteiger partial charge in [0.2, 0.25) is 0 Å². The van der Waals surface area contributed by atoms with E-state index in [1.54, 1.807) is 0 Å². The predicted octanol–water partition coefficient (Wildman–Crippen LogP) is 9.05. The van der Waals surface area contributed by atoms with E-state index < -0.39 is 0 Å². The highest BCUT2D eigenvalue weighted by Crippen LogP contribution is 2.52. The third kappa shape index (κ3) is 8.65. The molecule has 10 rings (SSSR count). The van der Waals surface area contributed by atoms with Gasteiger partial charge >= 0.3 is 0 Å². The molecule has 0 saturated heterocycles. The van der Waals surface area contributed by atoms with Crippen molar-refractivity contribution in [2.45, 2.75) is 77.5 Å². The summed E-state index contributed by atoms with van der Waals surface area (Å²) in [5, 5.41) is 0. The Morgan fingerprint density at radius 2 is 0.533 bits per heavy atom. The molecule has 0 saturated carbocycles. The third-order valence-corrected chi connectivity index (χ3v) is 13.2. The van der Waals surface area contributed by atoms with Crippen molar-refractivity contribution in [3.05, 3.63) is 117 Å². The van der Waals surface area contributed by atoms with Crippen LogP contribution in [-0.4, -0.2) is 92.6 Å². The lowest BCUT2D eigenvalue weighted by atomic mass is 9.87. The number of rotatable bonds is 0. The van der Waals surface area contributed by atoms with E-state index in [1.807, 2.05) is 0 Å². The van der Waals surface area contributed by atoms with Crippen molar-refractivity contribution < 1.29 is 28.4 Å². The van der Waals surface area contributed by atoms with Crippen LogP contribution in [0.4, 0.5) is 22.7 Å². The Bertz CT molecular complexity index is 1800. The maximum absolute atomic E-state index is 6.24. The molecule has 8 bridgehead atoms. The Labute approximate surface area is 357 Å². The topological polar surface area (TPSA) is 68.3 Å². The molecular weight excluding hydrogens is 753 g/mol. The maximum Gasteiger partial charge on any atom is 0.0915 e. The van der Waals surface area contributed by atoms with Crippen molar-refractivity contribution in [3.8, 4) is 0 Å². The normalized spacial score (nSPS) is 24.6. The van der Waals surface area contributed by atoms with Crippen LogP contribution in [-0.2, 0) is 28.4 Å². The summed E-state index contributed by atoms with van der Waals surface area (Å²) in [6.07, 6.45) is 3.62. The molecule has 320 valence electrons. The van der Waals surface area contributed by atoms with E-state index in [1.165, 1.54) is 67.3 Å². The van der Waals surface area contributed by atoms with Crippen molar-refractivity contribution in [2.24, 2.45) is 0 Å². The fourth-order valence-electron chi connectivity index (χ4n) is 10.3. The first-order valence-corrected chi connectivity index (χ1v) is 22.4. The van der Waals surface area contributed by atoms with Gasteiger partial charge in [-0.1, -0.05) is 70.8 Å². The Hall–Kier alpha value is -4.16. The van der Waals surface area contributed by atoms with Crippen LogP contribution in [0.1, 0.15) is 94.4 Å². The molecule has 4 atom stereocenters. The number of ether oxygens (including phenoxy) is 6. The number of benzene rings is 4. The summed E-state index contributed by atoms with van der Waals surface area (Å²) < 4.78 is 37.0. The van der Waals surface area contributed by atoms with Crippen molar-refractivity contribution in [1.29, 1.82) is 0 Å². The summed E-state index contributed by atoms with van der Waals surface area (Å²) in [7, 11) is 0. The number of hydrogen-bond acceptors (Lipinski definition) is 10. The monoisotopic (exact) mass is 816 g/mol. The number of nitrogens with zero attached hydrogens (tertiary/aromatic N) is 4. The van der Waals surface area contributed by atoms with Gasteiger partial charge < -0.3 is 48.0 Å². The van der Waals surface area contributed by atoms with E-state index >= 15 is 0 Å². The van der Waals surface area contributed by atoms with Crippen LogP contribution in [0.2, 0.25) is 0 Å². The highest BCUT2D eigenvalue weighted by Gasteiger charge is 2.42. The van der Waals surface area contributed by atoms with Gasteiger partial charge in [-0.25, -0.2) is 0 Å². The number of anilines is 4. The molecule has 0 aromatic heterocycles. The second-order valence-corrected chi connectivity index (χ2v) is 17.3. The molecule has 4 aromatic rings. The van der Waals surface area contributed by atoms with Crippen LogP contribution in [0.5, 0.6) is 0 Å². The third-order valence-electron chi connectivity index (χ3n) is 13.2. The minimum absolute atomic E-state index is 0.228. The van der Waals surface area contributed by atoms with E-state index in [9.17, 15) is 0 Å². The van der Waals surface area contributed by atoms with Crippen molar-refractivity contribution in [1.82, 2.24) is 0 Å². The van der Waals surface area contributed by atoms with Crippen LogP contribution in [0.3, 0.4) is 0 Å². The average molecular weight is 817 g/mol. The highest BCUT2D eigenvalue weighted by atomic mass is 16.5. The summed E-state index contributed by atoms with van der Waals surface area (Å²) in [4.78, 5) is 10.4. The SMILES string of the molecule is Cc1ccc2c(c1)[C@H]1CCOCCOCCOCC[C@H]3c4cc(C)ccc4N4CN3c3ccc(C)cc3[C@@H]4CCOCCOCCOCC[C@@H]3c4cc(C)ccc4N1CN23. The molecule has 60 heavy (non-hydrogen) atoms. The molecule has 0 amide bonds. The molecule has 6 aliphatic rings. The van der Waals surface area contributed by atoms with Gasteiger partial charge in [0.15, 0.2) is 0 Å².